The Hall–Kier alpha value is -1.69. The van der Waals surface area contributed by atoms with Gasteiger partial charge in [-0.25, -0.2) is 4.98 Å². The molecule has 0 atom stereocenters. The van der Waals surface area contributed by atoms with Gasteiger partial charge in [-0.1, -0.05) is 30.9 Å². The third-order valence-electron chi connectivity index (χ3n) is 3.23. The van der Waals surface area contributed by atoms with Crippen molar-refractivity contribution >= 4 is 23.2 Å². The van der Waals surface area contributed by atoms with Crippen molar-refractivity contribution in [3.8, 4) is 0 Å². The number of rotatable bonds is 3. The molecule has 1 saturated carbocycles. The van der Waals surface area contributed by atoms with E-state index in [9.17, 15) is 14.9 Å². The summed E-state index contributed by atoms with van der Waals surface area (Å²) in [6, 6.07) is 1.32. The van der Waals surface area contributed by atoms with Crippen LogP contribution in [0.1, 0.15) is 42.5 Å². The fourth-order valence-corrected chi connectivity index (χ4v) is 2.42. The van der Waals surface area contributed by atoms with Crippen molar-refractivity contribution in [2.45, 2.75) is 38.1 Å². The number of aromatic nitrogens is 1. The van der Waals surface area contributed by atoms with Gasteiger partial charge in [0, 0.05) is 6.04 Å². The fourth-order valence-electron chi connectivity index (χ4n) is 2.26. The van der Waals surface area contributed by atoms with Crippen LogP contribution in [0.3, 0.4) is 0 Å². The lowest BCUT2D eigenvalue weighted by Crippen LogP contribution is -2.36. The smallest absolute Gasteiger partial charge is 0.300 e. The minimum absolute atomic E-state index is 0.0319. The molecular weight excluding hydrogens is 270 g/mol. The molecule has 1 aromatic heterocycles. The lowest BCUT2D eigenvalue weighted by atomic mass is 9.95. The van der Waals surface area contributed by atoms with Crippen LogP contribution in [0.5, 0.6) is 0 Å². The molecule has 0 unspecified atom stereocenters. The van der Waals surface area contributed by atoms with Gasteiger partial charge in [0.25, 0.3) is 11.6 Å². The van der Waals surface area contributed by atoms with Crippen LogP contribution < -0.4 is 5.32 Å². The van der Waals surface area contributed by atoms with Gasteiger partial charge in [-0.3, -0.25) is 14.9 Å². The Kier molecular flexibility index (Phi) is 4.31. The Morgan fingerprint density at radius 3 is 2.74 bits per heavy atom. The van der Waals surface area contributed by atoms with Crippen LogP contribution in [0.15, 0.2) is 12.3 Å². The summed E-state index contributed by atoms with van der Waals surface area (Å²) in [5.41, 5.74) is -0.353. The second-order valence-electron chi connectivity index (χ2n) is 4.59. The van der Waals surface area contributed by atoms with E-state index in [2.05, 4.69) is 10.3 Å². The molecule has 1 aromatic rings. The van der Waals surface area contributed by atoms with E-state index in [-0.39, 0.29) is 22.4 Å². The zero-order valence-electron chi connectivity index (χ0n) is 10.3. The lowest BCUT2D eigenvalue weighted by Gasteiger charge is -2.22. The summed E-state index contributed by atoms with van der Waals surface area (Å²) >= 11 is 5.69. The van der Waals surface area contributed by atoms with Crippen molar-refractivity contribution in [2.24, 2.45) is 0 Å². The monoisotopic (exact) mass is 283 g/mol. The molecule has 2 rings (SSSR count). The summed E-state index contributed by atoms with van der Waals surface area (Å²) in [5.74, 6) is -0.456. The molecule has 1 aliphatic carbocycles. The number of nitrogens with zero attached hydrogens (tertiary/aromatic N) is 2. The fraction of sp³-hybridized carbons (Fsp3) is 0.500. The van der Waals surface area contributed by atoms with Crippen molar-refractivity contribution in [1.82, 2.24) is 10.3 Å². The van der Waals surface area contributed by atoms with E-state index in [0.717, 1.165) is 31.9 Å². The second kappa shape index (κ2) is 5.97. The number of amides is 1. The van der Waals surface area contributed by atoms with Crippen molar-refractivity contribution < 1.29 is 9.72 Å². The van der Waals surface area contributed by atoms with E-state index in [1.165, 1.54) is 12.5 Å². The van der Waals surface area contributed by atoms with Gasteiger partial charge < -0.3 is 5.32 Å². The van der Waals surface area contributed by atoms with E-state index in [4.69, 9.17) is 11.6 Å². The maximum atomic E-state index is 12.1. The molecule has 1 aliphatic rings. The molecule has 102 valence electrons. The Morgan fingerprint density at radius 2 is 2.11 bits per heavy atom. The minimum atomic E-state index is -0.626. The topological polar surface area (TPSA) is 85.1 Å². The predicted octanol–water partition coefficient (Wildman–Crippen LogP) is 2.71. The quantitative estimate of drug-likeness (QED) is 0.525. The number of hydrogen-bond donors (Lipinski definition) is 1. The van der Waals surface area contributed by atoms with Gasteiger partial charge in [-0.05, 0) is 18.9 Å². The Balaban J connectivity index is 2.17. The Labute approximate surface area is 115 Å². The third kappa shape index (κ3) is 3.41. The molecule has 0 saturated heterocycles. The molecule has 19 heavy (non-hydrogen) atoms. The third-order valence-corrected chi connectivity index (χ3v) is 3.44. The highest BCUT2D eigenvalue weighted by Crippen LogP contribution is 2.22. The summed E-state index contributed by atoms with van der Waals surface area (Å²) in [5, 5.41) is 13.8. The first kappa shape index (κ1) is 13.7. The number of carbonyl (C=O) groups is 1. The van der Waals surface area contributed by atoms with Crippen LogP contribution in [0.4, 0.5) is 5.69 Å². The standard InChI is InChI=1S/C12H14ClN3O3/c13-11-6-9(10(7-14-11)16(18)19)12(17)15-8-4-2-1-3-5-8/h6-8H,1-5H2,(H,15,17). The molecule has 1 heterocycles. The Bertz CT molecular complexity index is 501. The average Bonchev–Trinajstić information content (AvgIpc) is 2.39. The van der Waals surface area contributed by atoms with E-state index in [1.54, 1.807) is 0 Å². The van der Waals surface area contributed by atoms with Crippen molar-refractivity contribution in [3.63, 3.8) is 0 Å². The molecule has 0 radical (unpaired) electrons. The molecular formula is C12H14ClN3O3. The molecule has 1 fully saturated rings. The average molecular weight is 284 g/mol. The van der Waals surface area contributed by atoms with Crippen LogP contribution in [-0.2, 0) is 0 Å². The van der Waals surface area contributed by atoms with Crippen LogP contribution in [0.2, 0.25) is 5.15 Å². The van der Waals surface area contributed by atoms with Crippen molar-refractivity contribution in [1.29, 1.82) is 0 Å². The number of pyridine rings is 1. The van der Waals surface area contributed by atoms with Crippen LogP contribution >= 0.6 is 11.6 Å². The highest BCUT2D eigenvalue weighted by molar-refractivity contribution is 6.29. The number of nitro groups is 1. The molecule has 0 bridgehead atoms. The number of hydrogen-bond acceptors (Lipinski definition) is 4. The maximum Gasteiger partial charge on any atom is 0.300 e. The zero-order chi connectivity index (χ0) is 13.8. The van der Waals surface area contributed by atoms with Crippen LogP contribution in [0.25, 0.3) is 0 Å². The largest absolute Gasteiger partial charge is 0.349 e. The molecule has 1 N–H and O–H groups in total. The number of halogens is 1. The van der Waals surface area contributed by atoms with Gasteiger partial charge in [0.1, 0.15) is 16.9 Å². The van der Waals surface area contributed by atoms with Gasteiger partial charge >= 0.3 is 0 Å². The van der Waals surface area contributed by atoms with E-state index in [1.807, 2.05) is 0 Å². The van der Waals surface area contributed by atoms with Crippen molar-refractivity contribution in [2.75, 3.05) is 0 Å². The SMILES string of the molecule is O=C(NC1CCCCC1)c1cc(Cl)ncc1[N+](=O)[O-]. The first-order chi connectivity index (χ1) is 9.08. The van der Waals surface area contributed by atoms with Gasteiger partial charge in [-0.2, -0.15) is 0 Å². The summed E-state index contributed by atoms with van der Waals surface area (Å²) < 4.78 is 0. The molecule has 6 nitrogen and oxygen atoms in total. The van der Waals surface area contributed by atoms with Crippen LogP contribution in [0, 0.1) is 10.1 Å². The number of carbonyl (C=O) groups excluding carboxylic acids is 1. The summed E-state index contributed by atoms with van der Waals surface area (Å²) in [6.07, 6.45) is 6.16. The lowest BCUT2D eigenvalue weighted by molar-refractivity contribution is -0.385. The second-order valence-corrected chi connectivity index (χ2v) is 4.98. The van der Waals surface area contributed by atoms with Gasteiger partial charge in [0.2, 0.25) is 0 Å². The van der Waals surface area contributed by atoms with E-state index in [0.29, 0.717) is 0 Å². The van der Waals surface area contributed by atoms with Gasteiger partial charge in [0.05, 0.1) is 4.92 Å². The predicted molar refractivity (Wildman–Crippen MR) is 70.2 cm³/mol. The summed E-state index contributed by atoms with van der Waals surface area (Å²) in [4.78, 5) is 26.0. The van der Waals surface area contributed by atoms with Gasteiger partial charge in [-0.15, -0.1) is 0 Å². The molecule has 0 spiro atoms. The molecule has 1 amide bonds. The van der Waals surface area contributed by atoms with E-state index < -0.39 is 10.8 Å². The minimum Gasteiger partial charge on any atom is -0.349 e. The molecule has 0 aliphatic heterocycles. The first-order valence-corrected chi connectivity index (χ1v) is 6.56. The Morgan fingerprint density at radius 1 is 1.42 bits per heavy atom. The number of nitrogens with one attached hydrogen (secondary N) is 1. The normalized spacial score (nSPS) is 16.1. The zero-order valence-corrected chi connectivity index (χ0v) is 11.0. The molecule has 0 aromatic carbocycles. The highest BCUT2D eigenvalue weighted by Gasteiger charge is 2.24. The summed E-state index contributed by atoms with van der Waals surface area (Å²) in [7, 11) is 0. The van der Waals surface area contributed by atoms with Gasteiger partial charge in [0.15, 0.2) is 0 Å². The highest BCUT2D eigenvalue weighted by atomic mass is 35.5. The first-order valence-electron chi connectivity index (χ1n) is 6.18. The van der Waals surface area contributed by atoms with Crippen LogP contribution in [-0.4, -0.2) is 21.9 Å². The maximum absolute atomic E-state index is 12.1. The molecule has 7 heteroatoms. The van der Waals surface area contributed by atoms with E-state index >= 15 is 0 Å². The van der Waals surface area contributed by atoms with Crippen molar-refractivity contribution in [3.05, 3.63) is 33.1 Å². The summed E-state index contributed by atoms with van der Waals surface area (Å²) in [6.45, 7) is 0.